The van der Waals surface area contributed by atoms with Gasteiger partial charge in [0, 0.05) is 36.1 Å². The molecule has 1 aliphatic rings. The van der Waals surface area contributed by atoms with Gasteiger partial charge in [0.2, 0.25) is 5.91 Å². The molecule has 47 heavy (non-hydrogen) atoms. The second-order valence-electron chi connectivity index (χ2n) is 13.1. The molecule has 3 aromatic carbocycles. The second kappa shape index (κ2) is 18.2. The summed E-state index contributed by atoms with van der Waals surface area (Å²) >= 11 is 1.96. The molecule has 1 aromatic heterocycles. The maximum absolute atomic E-state index is 13.0. The van der Waals surface area contributed by atoms with Crippen LogP contribution >= 0.6 is 11.8 Å². The van der Waals surface area contributed by atoms with Crippen molar-refractivity contribution in [1.29, 1.82) is 0 Å². The highest BCUT2D eigenvalue weighted by molar-refractivity contribution is 7.97. The lowest BCUT2D eigenvalue weighted by Crippen LogP contribution is -2.43. The third-order valence-electron chi connectivity index (χ3n) is 8.61. The van der Waals surface area contributed by atoms with Crippen LogP contribution in [0, 0.1) is 11.3 Å². The molecular weight excluding hydrogens is 605 g/mol. The summed E-state index contributed by atoms with van der Waals surface area (Å²) in [5.74, 6) is 2.87. The van der Waals surface area contributed by atoms with Crippen LogP contribution in [0.3, 0.4) is 0 Å². The van der Waals surface area contributed by atoms with Crippen molar-refractivity contribution in [1.82, 2.24) is 25.5 Å². The van der Waals surface area contributed by atoms with Gasteiger partial charge < -0.3 is 4.90 Å². The number of allylic oxidation sites excluding steroid dienone is 1. The topological polar surface area (TPSA) is 104 Å². The zero-order chi connectivity index (χ0) is 33.5. The van der Waals surface area contributed by atoms with Gasteiger partial charge in [0.25, 0.3) is 11.9 Å². The van der Waals surface area contributed by atoms with Gasteiger partial charge in [0.1, 0.15) is 0 Å². The highest BCUT2D eigenvalue weighted by atomic mass is 32.2. The fourth-order valence-corrected chi connectivity index (χ4v) is 6.78. The molecular formula is C38H48N6O2S. The van der Waals surface area contributed by atoms with Crippen molar-refractivity contribution >= 4 is 29.5 Å². The van der Waals surface area contributed by atoms with Crippen LogP contribution in [0.4, 0.5) is 5.95 Å². The van der Waals surface area contributed by atoms with Gasteiger partial charge in [-0.2, -0.15) is 17.0 Å². The van der Waals surface area contributed by atoms with E-state index in [2.05, 4.69) is 114 Å². The van der Waals surface area contributed by atoms with Gasteiger partial charge in [-0.1, -0.05) is 105 Å². The predicted octanol–water partition coefficient (Wildman–Crippen LogP) is 8.47. The summed E-state index contributed by atoms with van der Waals surface area (Å²) in [7, 11) is 0. The lowest BCUT2D eigenvalue weighted by molar-refractivity contribution is -0.135. The van der Waals surface area contributed by atoms with Gasteiger partial charge in [0.15, 0.2) is 0 Å². The van der Waals surface area contributed by atoms with Crippen molar-refractivity contribution in [2.24, 2.45) is 11.3 Å². The quantitative estimate of drug-likeness (QED) is 0.149. The van der Waals surface area contributed by atoms with E-state index in [1.54, 1.807) is 18.2 Å². The van der Waals surface area contributed by atoms with E-state index in [0.717, 1.165) is 42.8 Å². The second-order valence-corrected chi connectivity index (χ2v) is 14.1. The zero-order valence-electron chi connectivity index (χ0n) is 27.9. The Bertz CT molecular complexity index is 1460. The first-order valence-corrected chi connectivity index (χ1v) is 17.6. The molecule has 0 unspecified atom stereocenters. The van der Waals surface area contributed by atoms with Gasteiger partial charge >= 0.3 is 0 Å². The van der Waals surface area contributed by atoms with Crippen molar-refractivity contribution in [3.8, 4) is 0 Å². The van der Waals surface area contributed by atoms with E-state index in [1.165, 1.54) is 11.1 Å². The van der Waals surface area contributed by atoms with E-state index in [4.69, 9.17) is 0 Å². The number of nitrogens with one attached hydrogen (secondary N) is 2. The normalized spacial score (nSPS) is 16.0. The Hall–Kier alpha value is -4.24. The number of thioether (sulfide) groups is 1. The van der Waals surface area contributed by atoms with Gasteiger partial charge in [0.05, 0.1) is 0 Å². The summed E-state index contributed by atoms with van der Waals surface area (Å²) in [5, 5.41) is 15.7. The first-order valence-electron chi connectivity index (χ1n) is 16.4. The monoisotopic (exact) mass is 652 g/mol. The molecule has 5 rings (SSSR count). The molecule has 0 saturated heterocycles. The molecule has 0 atom stereocenters. The lowest BCUT2D eigenvalue weighted by atomic mass is 9.71. The average molecular weight is 653 g/mol. The Morgan fingerprint density at radius 3 is 2.00 bits per heavy atom. The van der Waals surface area contributed by atoms with Crippen molar-refractivity contribution in [2.45, 2.75) is 83.4 Å². The van der Waals surface area contributed by atoms with Crippen LogP contribution < -0.4 is 5.32 Å². The number of carbonyl (C=O) groups excluding carboxylic acids is 2. The number of benzene rings is 3. The third-order valence-corrected chi connectivity index (χ3v) is 9.68. The Labute approximate surface area is 283 Å². The molecule has 2 amide bonds. The van der Waals surface area contributed by atoms with Gasteiger partial charge in [-0.15, -0.1) is 11.7 Å². The van der Waals surface area contributed by atoms with Crippen LogP contribution in [0.15, 0.2) is 97.6 Å². The molecule has 2 N–H and O–H groups in total. The molecule has 1 fully saturated rings. The Balaban J connectivity index is 0.000000277. The van der Waals surface area contributed by atoms with Crippen LogP contribution in [0.2, 0.25) is 0 Å². The number of amides is 2. The summed E-state index contributed by atoms with van der Waals surface area (Å²) in [6, 6.07) is 28.8. The summed E-state index contributed by atoms with van der Waals surface area (Å²) in [6.07, 6.45) is 7.32. The molecule has 9 heteroatoms. The number of aromatic nitrogens is 4. The number of rotatable bonds is 12. The molecule has 0 radical (unpaired) electrons. The SMILES string of the molecule is C=CCCC(=O)N(Cc1ccc(C(=O)Nc2nn[nH]n2)cc1)C1CCC(C(C)(C)C)CC1.c1ccc(CSCc2ccccc2)cc1. The molecule has 4 aromatic rings. The lowest BCUT2D eigenvalue weighted by Gasteiger charge is -2.41. The highest BCUT2D eigenvalue weighted by Gasteiger charge is 2.33. The maximum atomic E-state index is 13.0. The predicted molar refractivity (Wildman–Crippen MR) is 192 cm³/mol. The summed E-state index contributed by atoms with van der Waals surface area (Å²) in [6.45, 7) is 11.2. The van der Waals surface area contributed by atoms with Crippen molar-refractivity contribution < 1.29 is 9.59 Å². The number of anilines is 1. The number of hydrogen-bond acceptors (Lipinski definition) is 6. The minimum absolute atomic E-state index is 0.129. The van der Waals surface area contributed by atoms with Gasteiger partial charge in [-0.3, -0.25) is 14.9 Å². The zero-order valence-corrected chi connectivity index (χ0v) is 28.7. The van der Waals surface area contributed by atoms with Crippen molar-refractivity contribution in [3.05, 3.63) is 120 Å². The number of aromatic amines is 1. The van der Waals surface area contributed by atoms with E-state index >= 15 is 0 Å². The molecule has 0 aliphatic heterocycles. The molecule has 8 nitrogen and oxygen atoms in total. The number of tetrazole rings is 1. The Kier molecular flexibility index (Phi) is 13.8. The first-order chi connectivity index (χ1) is 22.7. The average Bonchev–Trinajstić information content (AvgIpc) is 3.60. The fourth-order valence-electron chi connectivity index (χ4n) is 5.83. The van der Waals surface area contributed by atoms with Crippen LogP contribution in [0.25, 0.3) is 0 Å². The number of hydrogen-bond donors (Lipinski definition) is 2. The Morgan fingerprint density at radius 1 is 0.894 bits per heavy atom. The van der Waals surface area contributed by atoms with Crippen molar-refractivity contribution in [2.75, 3.05) is 5.32 Å². The van der Waals surface area contributed by atoms with E-state index < -0.39 is 0 Å². The number of carbonyl (C=O) groups is 2. The molecule has 1 saturated carbocycles. The molecule has 248 valence electrons. The molecule has 1 aliphatic carbocycles. The van der Waals surface area contributed by atoms with Crippen LogP contribution in [-0.4, -0.2) is 43.4 Å². The molecule has 1 heterocycles. The smallest absolute Gasteiger partial charge is 0.270 e. The van der Waals surface area contributed by atoms with Gasteiger partial charge in [-0.05, 0) is 77.5 Å². The van der Waals surface area contributed by atoms with E-state index in [0.29, 0.717) is 36.3 Å². The number of H-pyrrole nitrogens is 1. The molecule has 0 spiro atoms. The largest absolute Gasteiger partial charge is 0.335 e. The highest BCUT2D eigenvalue weighted by Crippen LogP contribution is 2.39. The minimum atomic E-state index is -0.308. The number of nitrogens with zero attached hydrogens (tertiary/aromatic N) is 4. The minimum Gasteiger partial charge on any atom is -0.335 e. The standard InChI is InChI=1S/C24H34N6O2.C14H14S/c1-5-6-7-21(31)30(20-14-12-19(13-15-20)24(2,3)4)16-17-8-10-18(11-9-17)22(32)25-23-26-28-29-27-23;1-3-7-13(8-4-1)11-15-12-14-9-5-2-6-10-14/h5,8-11,19-20H,1,6-7,12-16H2,2-4H3,(H2,25,26,27,28,29,32);1-10H,11-12H2. The fraction of sp³-hybridized carbons (Fsp3) is 0.395. The van der Waals surface area contributed by atoms with Crippen LogP contribution in [0.1, 0.15) is 86.3 Å². The summed E-state index contributed by atoms with van der Waals surface area (Å²) in [5.41, 5.74) is 4.61. The first kappa shape index (κ1) is 35.6. The molecule has 0 bridgehead atoms. The maximum Gasteiger partial charge on any atom is 0.270 e. The third kappa shape index (κ3) is 11.8. The van der Waals surface area contributed by atoms with E-state index in [-0.39, 0.29) is 23.8 Å². The van der Waals surface area contributed by atoms with Crippen LogP contribution in [0.5, 0.6) is 0 Å². The summed E-state index contributed by atoms with van der Waals surface area (Å²) < 4.78 is 0. The Morgan fingerprint density at radius 2 is 1.49 bits per heavy atom. The van der Waals surface area contributed by atoms with Crippen molar-refractivity contribution in [3.63, 3.8) is 0 Å². The summed E-state index contributed by atoms with van der Waals surface area (Å²) in [4.78, 5) is 27.4. The van der Waals surface area contributed by atoms with E-state index in [1.807, 2.05) is 28.8 Å². The van der Waals surface area contributed by atoms with Gasteiger partial charge in [-0.25, -0.2) is 0 Å². The van der Waals surface area contributed by atoms with E-state index in [9.17, 15) is 9.59 Å². The van der Waals surface area contributed by atoms with Crippen LogP contribution in [-0.2, 0) is 22.8 Å².